The zero-order valence-corrected chi connectivity index (χ0v) is 21.1. The van der Waals surface area contributed by atoms with Gasteiger partial charge in [-0.25, -0.2) is 18.3 Å². The second kappa shape index (κ2) is 8.48. The van der Waals surface area contributed by atoms with Gasteiger partial charge in [-0.05, 0) is 47.9 Å². The van der Waals surface area contributed by atoms with Crippen LogP contribution in [0.3, 0.4) is 0 Å². The summed E-state index contributed by atoms with van der Waals surface area (Å²) in [5.74, 6) is -0.136. The molecule has 0 radical (unpaired) electrons. The minimum atomic E-state index is -3.67. The van der Waals surface area contributed by atoms with Gasteiger partial charge in [-0.2, -0.15) is 0 Å². The van der Waals surface area contributed by atoms with Crippen LogP contribution in [0.5, 0.6) is 0 Å². The van der Waals surface area contributed by atoms with E-state index in [-0.39, 0.29) is 23.3 Å². The summed E-state index contributed by atoms with van der Waals surface area (Å²) in [4.78, 5) is 23.8. The van der Waals surface area contributed by atoms with Crippen molar-refractivity contribution in [2.24, 2.45) is 0 Å². The molecule has 10 heteroatoms. The summed E-state index contributed by atoms with van der Waals surface area (Å²) in [6.45, 7) is 1.72. The number of fused-ring (bicyclic) bond motifs is 1. The van der Waals surface area contributed by atoms with Gasteiger partial charge in [-0.1, -0.05) is 53.5 Å². The minimum absolute atomic E-state index is 0.0362. The highest BCUT2D eigenvalue weighted by atomic mass is 35.5. The lowest BCUT2D eigenvalue weighted by Crippen LogP contribution is -2.41. The van der Waals surface area contributed by atoms with Crippen molar-refractivity contribution in [2.75, 3.05) is 11.2 Å². The molecule has 178 valence electrons. The molecule has 0 N–H and O–H groups in total. The minimum Gasteiger partial charge on any atom is -0.285 e. The summed E-state index contributed by atoms with van der Waals surface area (Å²) in [5.41, 5.74) is 1.98. The Kier molecular flexibility index (Phi) is 5.70. The fraction of sp³-hybridized carbons (Fsp3) is 0.160. The van der Waals surface area contributed by atoms with Crippen LogP contribution in [-0.2, 0) is 26.6 Å². The average Bonchev–Trinajstić information content (AvgIpc) is 3.33. The topological polar surface area (TPSA) is 85.2 Å². The summed E-state index contributed by atoms with van der Waals surface area (Å²) in [7, 11) is -3.67. The molecule has 0 saturated heterocycles. The van der Waals surface area contributed by atoms with Gasteiger partial charge in [0, 0.05) is 35.1 Å². The van der Waals surface area contributed by atoms with Crippen molar-refractivity contribution in [1.82, 2.24) is 14.5 Å². The normalized spacial score (nSPS) is 17.6. The quantitative estimate of drug-likeness (QED) is 0.352. The summed E-state index contributed by atoms with van der Waals surface area (Å²) in [5, 5.41) is 0.661. The molecule has 0 fully saturated rings. The van der Waals surface area contributed by atoms with Crippen LogP contribution in [0.4, 0.5) is 11.6 Å². The van der Waals surface area contributed by atoms with Crippen LogP contribution in [0.25, 0.3) is 11.1 Å². The van der Waals surface area contributed by atoms with E-state index in [0.29, 0.717) is 15.7 Å². The SMILES string of the molecule is C[C@]1(Cc2ccc(-c3cccnc3)cc2)C(=O)N(c2cc(Cl)cc(Cl)c2)c2ncc(S(C)(=O)=O)n21. The van der Waals surface area contributed by atoms with Gasteiger partial charge in [-0.15, -0.1) is 0 Å². The largest absolute Gasteiger partial charge is 0.285 e. The van der Waals surface area contributed by atoms with Gasteiger partial charge in [0.05, 0.1) is 11.9 Å². The molecule has 0 spiro atoms. The molecule has 2 aromatic heterocycles. The van der Waals surface area contributed by atoms with Crippen molar-refractivity contribution in [3.8, 4) is 11.1 Å². The van der Waals surface area contributed by atoms with E-state index in [1.165, 1.54) is 15.7 Å². The van der Waals surface area contributed by atoms with Gasteiger partial charge in [-0.3, -0.25) is 14.3 Å². The molecule has 0 unspecified atom stereocenters. The van der Waals surface area contributed by atoms with Crippen molar-refractivity contribution in [3.63, 3.8) is 0 Å². The number of nitrogens with zero attached hydrogens (tertiary/aromatic N) is 4. The Hall–Kier alpha value is -3.20. The number of aromatic nitrogens is 3. The molecule has 1 atom stereocenters. The third-order valence-corrected chi connectivity index (χ3v) is 7.53. The van der Waals surface area contributed by atoms with E-state index in [4.69, 9.17) is 23.2 Å². The molecule has 0 saturated carbocycles. The van der Waals surface area contributed by atoms with Gasteiger partial charge in [0.2, 0.25) is 5.95 Å². The highest BCUT2D eigenvalue weighted by molar-refractivity contribution is 7.90. The van der Waals surface area contributed by atoms with Crippen LogP contribution in [0.15, 0.2) is 78.2 Å². The van der Waals surface area contributed by atoms with Crippen molar-refractivity contribution >= 4 is 50.6 Å². The van der Waals surface area contributed by atoms with Crippen molar-refractivity contribution in [1.29, 1.82) is 0 Å². The highest BCUT2D eigenvalue weighted by Crippen LogP contribution is 2.44. The second-order valence-corrected chi connectivity index (χ2v) is 11.5. The summed E-state index contributed by atoms with van der Waals surface area (Å²) < 4.78 is 26.7. The van der Waals surface area contributed by atoms with Crippen molar-refractivity contribution < 1.29 is 13.2 Å². The number of halogens is 2. The number of amides is 1. The standard InChI is InChI=1S/C25H20Cl2N4O3S/c1-25(13-16-5-7-17(8-6-16)18-4-3-9-28-14-18)23(32)30(21-11-19(26)10-20(27)12-21)24-29-15-22(31(24)25)35(2,33)34/h3-12,14-15H,13H2,1-2H3/t25-/m0/s1. The van der Waals surface area contributed by atoms with E-state index < -0.39 is 15.4 Å². The maximum atomic E-state index is 13.9. The molecule has 1 aliphatic rings. The summed E-state index contributed by atoms with van der Waals surface area (Å²) in [6, 6.07) is 16.3. The van der Waals surface area contributed by atoms with Crippen molar-refractivity contribution in [3.05, 3.63) is 88.8 Å². The molecule has 3 heterocycles. The van der Waals surface area contributed by atoms with E-state index in [1.807, 2.05) is 36.4 Å². The van der Waals surface area contributed by atoms with E-state index in [9.17, 15) is 13.2 Å². The number of pyridine rings is 1. The summed E-state index contributed by atoms with van der Waals surface area (Å²) >= 11 is 12.4. The average molecular weight is 527 g/mol. The lowest BCUT2D eigenvalue weighted by atomic mass is 9.91. The number of rotatable bonds is 5. The number of anilines is 2. The Labute approximate surface area is 212 Å². The van der Waals surface area contributed by atoms with E-state index in [0.717, 1.165) is 22.9 Å². The third kappa shape index (κ3) is 4.11. The number of carbonyl (C=O) groups excluding carboxylic acids is 1. The smallest absolute Gasteiger partial charge is 0.260 e. The van der Waals surface area contributed by atoms with Crippen LogP contribution in [-0.4, -0.2) is 35.1 Å². The molecule has 1 aliphatic heterocycles. The van der Waals surface area contributed by atoms with Gasteiger partial charge >= 0.3 is 0 Å². The number of hydrogen-bond acceptors (Lipinski definition) is 5. The first-order valence-electron chi connectivity index (χ1n) is 10.7. The number of imidazole rings is 1. The predicted octanol–water partition coefficient (Wildman–Crippen LogP) is 5.29. The maximum Gasteiger partial charge on any atom is 0.260 e. The molecule has 5 rings (SSSR count). The first kappa shape index (κ1) is 23.5. The van der Waals surface area contributed by atoms with Crippen molar-refractivity contribution in [2.45, 2.75) is 23.9 Å². The first-order valence-corrected chi connectivity index (χ1v) is 13.3. The zero-order chi connectivity index (χ0) is 25.0. The molecule has 35 heavy (non-hydrogen) atoms. The lowest BCUT2D eigenvalue weighted by Gasteiger charge is -2.26. The van der Waals surface area contributed by atoms with Gasteiger partial charge in [0.1, 0.15) is 5.54 Å². The molecule has 0 bridgehead atoms. The van der Waals surface area contributed by atoms with Crippen LogP contribution >= 0.6 is 23.2 Å². The first-order chi connectivity index (χ1) is 16.6. The number of sulfone groups is 1. The van der Waals surface area contributed by atoms with Gasteiger partial charge in [0.25, 0.3) is 5.91 Å². The number of carbonyl (C=O) groups is 1. The Bertz CT molecular complexity index is 1530. The number of benzene rings is 2. The Morgan fingerprint density at radius 1 is 0.971 bits per heavy atom. The highest BCUT2D eigenvalue weighted by Gasteiger charge is 2.51. The Morgan fingerprint density at radius 3 is 2.26 bits per heavy atom. The van der Waals surface area contributed by atoms with E-state index >= 15 is 0 Å². The lowest BCUT2D eigenvalue weighted by molar-refractivity contribution is -0.124. The van der Waals surface area contributed by atoms with Crippen LogP contribution < -0.4 is 4.90 Å². The maximum absolute atomic E-state index is 13.9. The van der Waals surface area contributed by atoms with Crippen LogP contribution in [0.1, 0.15) is 12.5 Å². The molecule has 4 aromatic rings. The number of hydrogen-bond donors (Lipinski definition) is 0. The molecule has 7 nitrogen and oxygen atoms in total. The van der Waals surface area contributed by atoms with Crippen LogP contribution in [0, 0.1) is 0 Å². The Morgan fingerprint density at radius 2 is 1.66 bits per heavy atom. The Balaban J connectivity index is 1.60. The zero-order valence-electron chi connectivity index (χ0n) is 18.8. The molecule has 2 aromatic carbocycles. The fourth-order valence-corrected chi connectivity index (χ4v) is 5.81. The second-order valence-electron chi connectivity index (χ2n) is 8.66. The molecule has 1 amide bonds. The predicted molar refractivity (Wildman–Crippen MR) is 136 cm³/mol. The monoisotopic (exact) mass is 526 g/mol. The molecular weight excluding hydrogens is 507 g/mol. The van der Waals surface area contributed by atoms with Gasteiger partial charge in [0.15, 0.2) is 14.9 Å². The third-order valence-electron chi connectivity index (χ3n) is 6.05. The van der Waals surface area contributed by atoms with E-state index in [1.54, 1.807) is 37.5 Å². The van der Waals surface area contributed by atoms with E-state index in [2.05, 4.69) is 9.97 Å². The fourth-order valence-electron chi connectivity index (χ4n) is 4.44. The molecular formula is C25H20Cl2N4O3S. The van der Waals surface area contributed by atoms with Crippen LogP contribution in [0.2, 0.25) is 10.0 Å². The molecule has 0 aliphatic carbocycles. The van der Waals surface area contributed by atoms with Gasteiger partial charge < -0.3 is 0 Å². The summed E-state index contributed by atoms with van der Waals surface area (Å²) in [6.07, 6.45) is 6.12.